The lowest BCUT2D eigenvalue weighted by Crippen LogP contribution is -2.57. The zero-order chi connectivity index (χ0) is 11.3. The molecular weight excluding hydrogens is 192 g/mol. The first-order valence-electron chi connectivity index (χ1n) is 5.76. The molecule has 0 aromatic rings. The summed E-state index contributed by atoms with van der Waals surface area (Å²) in [5.74, 6) is 0. The highest BCUT2D eigenvalue weighted by Gasteiger charge is 2.39. The van der Waals surface area contributed by atoms with Crippen LogP contribution in [0.4, 0.5) is 4.79 Å². The van der Waals surface area contributed by atoms with Gasteiger partial charge in [0.15, 0.2) is 0 Å². The van der Waals surface area contributed by atoms with Crippen molar-refractivity contribution < 1.29 is 9.53 Å². The van der Waals surface area contributed by atoms with Crippen LogP contribution in [0.5, 0.6) is 0 Å². The molecule has 0 aromatic carbocycles. The monoisotopic (exact) mass is 214 g/mol. The van der Waals surface area contributed by atoms with Crippen molar-refractivity contribution in [3.63, 3.8) is 0 Å². The van der Waals surface area contributed by atoms with Gasteiger partial charge < -0.3 is 15.4 Å². The van der Waals surface area contributed by atoms with Crippen molar-refractivity contribution in [2.75, 3.05) is 20.2 Å². The summed E-state index contributed by atoms with van der Waals surface area (Å²) in [5, 5.41) is 0. The fraction of sp³-hybridized carbons (Fsp3) is 0.909. The fourth-order valence-corrected chi connectivity index (χ4v) is 2.56. The Bertz CT molecular complexity index is 213. The standard InChI is InChI=1S/C11H22N2O2/c1-3-13(10(14)15-2)11(9-12)7-5-4-6-8-11/h3-9,12H2,1-2H3. The molecule has 15 heavy (non-hydrogen) atoms. The van der Waals surface area contributed by atoms with Crippen molar-refractivity contribution in [2.45, 2.75) is 44.6 Å². The largest absolute Gasteiger partial charge is 0.453 e. The molecule has 2 N–H and O–H groups in total. The van der Waals surface area contributed by atoms with E-state index >= 15 is 0 Å². The van der Waals surface area contributed by atoms with Gasteiger partial charge in [0.25, 0.3) is 0 Å². The van der Waals surface area contributed by atoms with Gasteiger partial charge in [-0.1, -0.05) is 19.3 Å². The van der Waals surface area contributed by atoms with E-state index in [4.69, 9.17) is 10.5 Å². The first-order valence-corrected chi connectivity index (χ1v) is 5.76. The molecule has 0 unspecified atom stereocenters. The molecule has 0 atom stereocenters. The highest BCUT2D eigenvalue weighted by molar-refractivity contribution is 5.68. The molecule has 1 fully saturated rings. The van der Waals surface area contributed by atoms with Crippen molar-refractivity contribution in [1.29, 1.82) is 0 Å². The molecule has 0 spiro atoms. The van der Waals surface area contributed by atoms with Gasteiger partial charge in [0, 0.05) is 13.1 Å². The average Bonchev–Trinajstić information content (AvgIpc) is 2.30. The predicted molar refractivity (Wildman–Crippen MR) is 59.7 cm³/mol. The van der Waals surface area contributed by atoms with Gasteiger partial charge in [-0.15, -0.1) is 0 Å². The number of hydrogen-bond donors (Lipinski definition) is 1. The summed E-state index contributed by atoms with van der Waals surface area (Å²) in [7, 11) is 1.43. The maximum absolute atomic E-state index is 11.7. The first-order chi connectivity index (χ1) is 7.20. The lowest BCUT2D eigenvalue weighted by Gasteiger charge is -2.44. The van der Waals surface area contributed by atoms with E-state index in [0.717, 1.165) is 25.7 Å². The fourth-order valence-electron chi connectivity index (χ4n) is 2.56. The summed E-state index contributed by atoms with van der Waals surface area (Å²) in [4.78, 5) is 13.5. The van der Waals surface area contributed by atoms with E-state index in [1.165, 1.54) is 13.5 Å². The Morgan fingerprint density at radius 1 is 1.40 bits per heavy atom. The second-order valence-electron chi connectivity index (χ2n) is 4.20. The number of nitrogens with zero attached hydrogens (tertiary/aromatic N) is 1. The van der Waals surface area contributed by atoms with Crippen LogP contribution < -0.4 is 5.73 Å². The van der Waals surface area contributed by atoms with E-state index in [1.54, 1.807) is 4.90 Å². The highest BCUT2D eigenvalue weighted by atomic mass is 16.5. The van der Waals surface area contributed by atoms with Crippen LogP contribution in [0.15, 0.2) is 0 Å². The molecule has 1 amide bonds. The number of methoxy groups -OCH3 is 1. The van der Waals surface area contributed by atoms with Gasteiger partial charge in [-0.05, 0) is 19.8 Å². The Morgan fingerprint density at radius 2 is 2.00 bits per heavy atom. The molecule has 0 saturated heterocycles. The minimum absolute atomic E-state index is 0.153. The first kappa shape index (κ1) is 12.3. The van der Waals surface area contributed by atoms with Gasteiger partial charge in [-0.25, -0.2) is 4.79 Å². The Balaban J connectivity index is 2.80. The molecule has 1 saturated carbocycles. The second kappa shape index (κ2) is 5.35. The number of nitrogens with two attached hydrogens (primary N) is 1. The molecule has 88 valence electrons. The number of rotatable bonds is 3. The van der Waals surface area contributed by atoms with Crippen LogP contribution in [0.3, 0.4) is 0 Å². The molecule has 1 aliphatic carbocycles. The van der Waals surface area contributed by atoms with Gasteiger partial charge in [0.05, 0.1) is 12.6 Å². The number of hydrogen-bond acceptors (Lipinski definition) is 3. The number of amides is 1. The summed E-state index contributed by atoms with van der Waals surface area (Å²) in [6.45, 7) is 3.18. The van der Waals surface area contributed by atoms with E-state index in [1.807, 2.05) is 6.92 Å². The van der Waals surface area contributed by atoms with E-state index in [-0.39, 0.29) is 11.6 Å². The van der Waals surface area contributed by atoms with Gasteiger partial charge in [-0.3, -0.25) is 0 Å². The van der Waals surface area contributed by atoms with Crippen LogP contribution in [0.1, 0.15) is 39.0 Å². The van der Waals surface area contributed by atoms with Crippen LogP contribution >= 0.6 is 0 Å². The highest BCUT2D eigenvalue weighted by Crippen LogP contribution is 2.33. The van der Waals surface area contributed by atoms with Crippen LogP contribution in [0.2, 0.25) is 0 Å². The van der Waals surface area contributed by atoms with Crippen LogP contribution in [0, 0.1) is 0 Å². The van der Waals surface area contributed by atoms with Crippen molar-refractivity contribution in [3.8, 4) is 0 Å². The second-order valence-corrected chi connectivity index (χ2v) is 4.20. The minimum Gasteiger partial charge on any atom is -0.453 e. The van der Waals surface area contributed by atoms with Crippen LogP contribution in [-0.2, 0) is 4.74 Å². The Kier molecular flexibility index (Phi) is 4.39. The summed E-state index contributed by atoms with van der Waals surface area (Å²) in [6, 6.07) is 0. The SMILES string of the molecule is CCN(C(=O)OC)C1(CN)CCCCC1. The molecule has 0 bridgehead atoms. The maximum Gasteiger partial charge on any atom is 0.409 e. The topological polar surface area (TPSA) is 55.6 Å². The smallest absolute Gasteiger partial charge is 0.409 e. The Hall–Kier alpha value is -0.770. The molecule has 1 rings (SSSR count). The molecule has 0 aromatic heterocycles. The molecule has 4 heteroatoms. The predicted octanol–water partition coefficient (Wildman–Crippen LogP) is 1.74. The molecule has 0 radical (unpaired) electrons. The third-order valence-corrected chi connectivity index (χ3v) is 3.45. The Labute approximate surface area is 91.8 Å². The average molecular weight is 214 g/mol. The molecule has 0 aliphatic heterocycles. The van der Waals surface area contributed by atoms with E-state index < -0.39 is 0 Å². The van der Waals surface area contributed by atoms with E-state index in [9.17, 15) is 4.79 Å². The quantitative estimate of drug-likeness (QED) is 0.778. The zero-order valence-corrected chi connectivity index (χ0v) is 9.79. The number of carbonyl (C=O) groups is 1. The van der Waals surface area contributed by atoms with Crippen molar-refractivity contribution in [2.24, 2.45) is 5.73 Å². The Morgan fingerprint density at radius 3 is 2.40 bits per heavy atom. The number of carbonyl (C=O) groups excluding carboxylic acids is 1. The molecular formula is C11H22N2O2. The molecule has 4 nitrogen and oxygen atoms in total. The third kappa shape index (κ3) is 2.43. The van der Waals surface area contributed by atoms with Crippen LogP contribution in [-0.4, -0.2) is 36.7 Å². The lowest BCUT2D eigenvalue weighted by molar-refractivity contribution is 0.0472. The third-order valence-electron chi connectivity index (χ3n) is 3.45. The van der Waals surface area contributed by atoms with E-state index in [2.05, 4.69) is 0 Å². The normalized spacial score (nSPS) is 19.7. The summed E-state index contributed by atoms with van der Waals surface area (Å²) in [5.41, 5.74) is 5.71. The number of ether oxygens (including phenoxy) is 1. The van der Waals surface area contributed by atoms with Gasteiger partial charge in [0.1, 0.15) is 0 Å². The van der Waals surface area contributed by atoms with Gasteiger partial charge in [0.2, 0.25) is 0 Å². The summed E-state index contributed by atoms with van der Waals surface area (Å²) < 4.78 is 4.81. The van der Waals surface area contributed by atoms with Gasteiger partial charge >= 0.3 is 6.09 Å². The van der Waals surface area contributed by atoms with Crippen molar-refractivity contribution >= 4 is 6.09 Å². The summed E-state index contributed by atoms with van der Waals surface area (Å²) in [6.07, 6.45) is 5.33. The molecule has 0 heterocycles. The lowest BCUT2D eigenvalue weighted by atomic mass is 9.80. The van der Waals surface area contributed by atoms with Crippen LogP contribution in [0.25, 0.3) is 0 Å². The maximum atomic E-state index is 11.7. The zero-order valence-electron chi connectivity index (χ0n) is 9.79. The molecule has 1 aliphatic rings. The van der Waals surface area contributed by atoms with Crippen molar-refractivity contribution in [3.05, 3.63) is 0 Å². The van der Waals surface area contributed by atoms with E-state index in [0.29, 0.717) is 13.1 Å². The summed E-state index contributed by atoms with van der Waals surface area (Å²) >= 11 is 0. The van der Waals surface area contributed by atoms with Gasteiger partial charge in [-0.2, -0.15) is 0 Å². The van der Waals surface area contributed by atoms with Crippen molar-refractivity contribution in [1.82, 2.24) is 4.90 Å². The number of likely N-dealkylation sites (N-methyl/N-ethyl adjacent to an activating group) is 1. The minimum atomic E-state index is -0.246.